The third-order valence-electron chi connectivity index (χ3n) is 3.36. The minimum atomic E-state index is -2.76. The molecule has 0 amide bonds. The molecule has 1 rings (SSSR count). The Balaban J connectivity index is 4.13. The molecule has 0 aliphatic carbocycles. The number of hydrogen-bond acceptors (Lipinski definition) is 0. The second-order valence-corrected chi connectivity index (χ2v) is 4.91. The van der Waals surface area contributed by atoms with Gasteiger partial charge in [0.05, 0.1) is 0 Å². The Morgan fingerprint density at radius 1 is 0.682 bits per heavy atom. The molecule has 0 bridgehead atoms. The summed E-state index contributed by atoms with van der Waals surface area (Å²) in [5.41, 5.74) is -1.78. The third-order valence-corrected chi connectivity index (χ3v) is 3.89. The smallest absolute Gasteiger partial charge is 0.200 e. The van der Waals surface area contributed by atoms with Gasteiger partial charge in [0.2, 0.25) is 0 Å². The number of hydrogen-bond donors (Lipinski definition) is 0. The lowest BCUT2D eigenvalue weighted by Crippen LogP contribution is -2.07. The van der Waals surface area contributed by atoms with Gasteiger partial charge in [-0.05, 0) is 36.1 Å². The molecule has 0 heterocycles. The van der Waals surface area contributed by atoms with Crippen LogP contribution in [0.2, 0.25) is 0 Å². The van der Waals surface area contributed by atoms with E-state index in [4.69, 9.17) is 23.2 Å². The molecule has 0 fully saturated rings. The molecule has 0 aliphatic rings. The van der Waals surface area contributed by atoms with Crippen LogP contribution in [-0.4, -0.2) is 0 Å². The first kappa shape index (κ1) is 18.9. The lowest BCUT2D eigenvalue weighted by atomic mass is 9.87. The Labute approximate surface area is 133 Å². The molecule has 1 aromatic carbocycles. The summed E-state index contributed by atoms with van der Waals surface area (Å²) in [7, 11) is 0. The van der Waals surface area contributed by atoms with Gasteiger partial charge in [0, 0.05) is 22.9 Å². The maximum absolute atomic E-state index is 13.8. The van der Waals surface area contributed by atoms with Crippen molar-refractivity contribution in [2.45, 2.75) is 25.6 Å². The highest BCUT2D eigenvalue weighted by molar-refractivity contribution is 6.18. The van der Waals surface area contributed by atoms with Gasteiger partial charge in [-0.15, -0.1) is 23.2 Å². The van der Waals surface area contributed by atoms with Gasteiger partial charge in [0.25, 0.3) is 0 Å². The van der Waals surface area contributed by atoms with Crippen LogP contribution in [-0.2, 0) is 11.8 Å². The van der Waals surface area contributed by atoms with Gasteiger partial charge >= 0.3 is 12.2 Å². The summed E-state index contributed by atoms with van der Waals surface area (Å²) >= 11 is 11.2. The van der Waals surface area contributed by atoms with Crippen molar-refractivity contribution in [3.8, 4) is 0 Å². The van der Waals surface area contributed by atoms with Crippen LogP contribution in [0.5, 0.6) is 0 Å². The maximum atomic E-state index is 13.8. The summed E-state index contributed by atoms with van der Waals surface area (Å²) in [5, 5.41) is 0. The first-order valence-electron chi connectivity index (χ1n) is 5.88. The second kappa shape index (κ2) is 7.42. The molecule has 122 valence electrons. The largest absolute Gasteiger partial charge is 0.306 e. The van der Waals surface area contributed by atoms with Crippen LogP contribution >= 0.6 is 23.2 Å². The molecule has 0 spiro atoms. The van der Waals surface area contributed by atoms with Crippen LogP contribution in [0.4, 0.5) is 26.3 Å². The zero-order valence-corrected chi connectivity index (χ0v) is 12.9. The number of alkyl halides is 2. The molecule has 0 N–H and O–H groups in total. The molecule has 1 aromatic rings. The fourth-order valence-electron chi connectivity index (χ4n) is 2.14. The van der Waals surface area contributed by atoms with Crippen LogP contribution in [0.25, 0.3) is 11.7 Å². The normalized spacial score (nSPS) is 10.6. The Morgan fingerprint density at radius 3 is 1.14 bits per heavy atom. The van der Waals surface area contributed by atoms with Crippen molar-refractivity contribution in [3.63, 3.8) is 0 Å². The molecular formula is C14H10Cl2F6. The molecule has 0 saturated carbocycles. The van der Waals surface area contributed by atoms with Gasteiger partial charge in [-0.25, -0.2) is 8.78 Å². The van der Waals surface area contributed by atoms with Gasteiger partial charge in [0.15, 0.2) is 11.7 Å². The first-order valence-corrected chi connectivity index (χ1v) is 6.94. The lowest BCUT2D eigenvalue weighted by Gasteiger charge is -2.20. The quantitative estimate of drug-likeness (QED) is 0.405. The SMILES string of the molecule is Cc1c(C)c(CCl)c(C(F)=C(F)F)c(C(F)=C(F)F)c1CCl. The van der Waals surface area contributed by atoms with Crippen LogP contribution in [0.1, 0.15) is 33.4 Å². The third kappa shape index (κ3) is 3.27. The van der Waals surface area contributed by atoms with E-state index >= 15 is 0 Å². The standard InChI is InChI=1S/C14H10Cl2F6/c1-5-6(2)8(4-16)10(12(18)14(21)22)9(7(5)3-15)11(17)13(19)20/h3-4H2,1-2H3. The summed E-state index contributed by atoms with van der Waals surface area (Å²) in [5.74, 6) is -5.12. The predicted octanol–water partition coefficient (Wildman–Crippen LogP) is 6.85. The summed E-state index contributed by atoms with van der Waals surface area (Å²) in [6.45, 7) is 2.88. The topological polar surface area (TPSA) is 0 Å². The van der Waals surface area contributed by atoms with E-state index < -0.39 is 46.7 Å². The zero-order chi connectivity index (χ0) is 17.2. The minimum absolute atomic E-state index is 0.190. The van der Waals surface area contributed by atoms with E-state index in [0.29, 0.717) is 0 Å². The number of halogens is 8. The van der Waals surface area contributed by atoms with Gasteiger partial charge in [-0.2, -0.15) is 17.6 Å². The molecule has 8 heteroatoms. The summed E-state index contributed by atoms with van der Waals surface area (Å²) < 4.78 is 78.2. The van der Waals surface area contributed by atoms with Crippen molar-refractivity contribution in [3.05, 3.63) is 45.5 Å². The highest BCUT2D eigenvalue weighted by Gasteiger charge is 2.28. The maximum Gasteiger partial charge on any atom is 0.306 e. The van der Waals surface area contributed by atoms with Crippen molar-refractivity contribution in [2.24, 2.45) is 0 Å². The molecule has 0 atom stereocenters. The van der Waals surface area contributed by atoms with Crippen LogP contribution in [0, 0.1) is 13.8 Å². The average Bonchev–Trinajstić information content (AvgIpc) is 2.47. The van der Waals surface area contributed by atoms with E-state index in [1.807, 2.05) is 0 Å². The fraction of sp³-hybridized carbons (Fsp3) is 0.286. The van der Waals surface area contributed by atoms with Crippen molar-refractivity contribution in [2.75, 3.05) is 0 Å². The van der Waals surface area contributed by atoms with E-state index in [1.54, 1.807) is 0 Å². The number of rotatable bonds is 4. The Bertz CT molecular complexity index is 599. The van der Waals surface area contributed by atoms with Gasteiger partial charge < -0.3 is 0 Å². The van der Waals surface area contributed by atoms with Crippen LogP contribution in [0.3, 0.4) is 0 Å². The first-order chi connectivity index (χ1) is 10.2. The van der Waals surface area contributed by atoms with E-state index in [0.717, 1.165) is 0 Å². The van der Waals surface area contributed by atoms with Gasteiger partial charge in [-0.1, -0.05) is 0 Å². The fourth-order valence-corrected chi connectivity index (χ4v) is 2.81. The molecule has 22 heavy (non-hydrogen) atoms. The molecule has 0 aromatic heterocycles. The molecular weight excluding hydrogens is 353 g/mol. The monoisotopic (exact) mass is 362 g/mol. The Kier molecular flexibility index (Phi) is 6.38. The van der Waals surface area contributed by atoms with E-state index in [-0.39, 0.29) is 22.3 Å². The van der Waals surface area contributed by atoms with Crippen molar-refractivity contribution in [1.29, 1.82) is 0 Å². The molecule has 0 saturated heterocycles. The van der Waals surface area contributed by atoms with E-state index in [2.05, 4.69) is 0 Å². The average molecular weight is 363 g/mol. The molecule has 0 radical (unpaired) electrons. The lowest BCUT2D eigenvalue weighted by molar-refractivity contribution is 0.407. The van der Waals surface area contributed by atoms with Crippen molar-refractivity contribution >= 4 is 34.9 Å². The van der Waals surface area contributed by atoms with Crippen LogP contribution in [0.15, 0.2) is 12.2 Å². The van der Waals surface area contributed by atoms with Gasteiger partial charge in [-0.3, -0.25) is 0 Å². The molecule has 0 nitrogen and oxygen atoms in total. The molecule has 0 aliphatic heterocycles. The summed E-state index contributed by atoms with van der Waals surface area (Å²) in [6, 6.07) is 0. The summed E-state index contributed by atoms with van der Waals surface area (Å²) in [4.78, 5) is 0. The Morgan fingerprint density at radius 2 is 0.955 bits per heavy atom. The Hall–Kier alpha value is -1.14. The molecule has 0 unspecified atom stereocenters. The van der Waals surface area contributed by atoms with Gasteiger partial charge in [0.1, 0.15) is 0 Å². The number of benzene rings is 1. The highest BCUT2D eigenvalue weighted by Crippen LogP contribution is 2.41. The van der Waals surface area contributed by atoms with E-state index in [9.17, 15) is 26.3 Å². The van der Waals surface area contributed by atoms with Crippen molar-refractivity contribution < 1.29 is 26.3 Å². The minimum Gasteiger partial charge on any atom is -0.200 e. The van der Waals surface area contributed by atoms with Crippen molar-refractivity contribution in [1.82, 2.24) is 0 Å². The zero-order valence-electron chi connectivity index (χ0n) is 11.4. The van der Waals surface area contributed by atoms with Crippen LogP contribution < -0.4 is 0 Å². The second-order valence-electron chi connectivity index (χ2n) is 4.37. The summed E-state index contributed by atoms with van der Waals surface area (Å²) in [6.07, 6.45) is -5.52. The highest BCUT2D eigenvalue weighted by atomic mass is 35.5. The predicted molar refractivity (Wildman–Crippen MR) is 75.5 cm³/mol. The van der Waals surface area contributed by atoms with E-state index in [1.165, 1.54) is 13.8 Å².